The van der Waals surface area contributed by atoms with E-state index in [1.165, 1.54) is 29.7 Å². The Morgan fingerprint density at radius 2 is 1.60 bits per heavy atom. The van der Waals surface area contributed by atoms with Crippen molar-refractivity contribution >= 4 is 54.5 Å². The number of hydrogen-bond acceptors (Lipinski definition) is 9. The molecule has 0 aliphatic heterocycles. The molecule has 218 valence electrons. The number of aromatic hydroxyl groups is 1. The summed E-state index contributed by atoms with van der Waals surface area (Å²) in [5, 5.41) is 12.9. The smallest absolute Gasteiger partial charge is 0.346 e. The standard InChI is InChI=1S/C36H21NO7S/c1-18-32-25(15-23-22(16-30(39)43-33(18)23)19-7-3-2-4-8-19)31(40)21(17-42-32)14-24-28(38)12-11-20-13-26(36(41)44-34(20)24)35-37-27-9-5-6-10-29(27)45-35/h2-13,15-17,38H,14H2,1H3. The molecule has 0 amide bonds. The zero-order valence-electron chi connectivity index (χ0n) is 23.6. The number of fused-ring (bicyclic) bond motifs is 4. The minimum Gasteiger partial charge on any atom is -0.508 e. The number of hydrogen-bond donors (Lipinski definition) is 1. The van der Waals surface area contributed by atoms with E-state index in [1.54, 1.807) is 25.1 Å². The fourth-order valence-corrected chi connectivity index (χ4v) is 6.79. The van der Waals surface area contributed by atoms with Gasteiger partial charge in [-0.3, -0.25) is 4.79 Å². The molecule has 0 radical (unpaired) electrons. The molecule has 9 heteroatoms. The highest BCUT2D eigenvalue weighted by Crippen LogP contribution is 2.35. The maximum atomic E-state index is 13.9. The van der Waals surface area contributed by atoms with E-state index in [0.29, 0.717) is 49.0 Å². The zero-order chi connectivity index (χ0) is 30.8. The number of aromatic nitrogens is 1. The number of nitrogens with zero attached hydrogens (tertiary/aromatic N) is 1. The van der Waals surface area contributed by atoms with E-state index < -0.39 is 11.3 Å². The zero-order valence-corrected chi connectivity index (χ0v) is 24.4. The summed E-state index contributed by atoms with van der Waals surface area (Å²) in [4.78, 5) is 44.2. The van der Waals surface area contributed by atoms with Crippen LogP contribution in [0, 0.1) is 6.92 Å². The van der Waals surface area contributed by atoms with Crippen molar-refractivity contribution in [3.05, 3.63) is 139 Å². The molecule has 45 heavy (non-hydrogen) atoms. The first-order valence-corrected chi connectivity index (χ1v) is 14.9. The molecule has 0 saturated carbocycles. The molecule has 0 aliphatic carbocycles. The highest BCUT2D eigenvalue weighted by Gasteiger charge is 2.21. The molecule has 8 aromatic rings. The third-order valence-electron chi connectivity index (χ3n) is 8.03. The van der Waals surface area contributed by atoms with E-state index in [0.717, 1.165) is 15.8 Å². The normalized spacial score (nSPS) is 11.7. The quantitative estimate of drug-likeness (QED) is 0.160. The number of rotatable bonds is 4. The molecule has 4 aromatic heterocycles. The van der Waals surface area contributed by atoms with Crippen LogP contribution in [0.3, 0.4) is 0 Å². The Labute approximate surface area is 257 Å². The summed E-state index contributed by atoms with van der Waals surface area (Å²) in [5.41, 5.74) is 2.94. The van der Waals surface area contributed by atoms with Crippen molar-refractivity contribution < 1.29 is 18.4 Å². The van der Waals surface area contributed by atoms with Crippen LogP contribution >= 0.6 is 11.3 Å². The van der Waals surface area contributed by atoms with Gasteiger partial charge in [0.15, 0.2) is 5.43 Å². The Morgan fingerprint density at radius 3 is 2.42 bits per heavy atom. The predicted octanol–water partition coefficient (Wildman–Crippen LogP) is 7.55. The summed E-state index contributed by atoms with van der Waals surface area (Å²) in [6.07, 6.45) is 1.27. The summed E-state index contributed by atoms with van der Waals surface area (Å²) >= 11 is 1.39. The van der Waals surface area contributed by atoms with E-state index in [-0.39, 0.29) is 34.3 Å². The van der Waals surface area contributed by atoms with Crippen LogP contribution in [0.15, 0.2) is 119 Å². The molecule has 8 rings (SSSR count). The molecule has 0 atom stereocenters. The Balaban J connectivity index is 1.28. The van der Waals surface area contributed by atoms with Crippen molar-refractivity contribution in [2.75, 3.05) is 0 Å². The van der Waals surface area contributed by atoms with Gasteiger partial charge in [-0.15, -0.1) is 11.3 Å². The molecule has 8 nitrogen and oxygen atoms in total. The average Bonchev–Trinajstić information content (AvgIpc) is 3.48. The SMILES string of the molecule is Cc1c2oc(=O)cc(-c3ccccc3)c2cc2c(=O)c(Cc3c(O)ccc4cc(-c5nc6ccccc6s5)c(=O)oc34)coc12. The summed E-state index contributed by atoms with van der Waals surface area (Å²) in [5.74, 6) is -0.124. The van der Waals surface area contributed by atoms with Gasteiger partial charge >= 0.3 is 11.3 Å². The summed E-state index contributed by atoms with van der Waals surface area (Å²) in [6.45, 7) is 1.74. The second kappa shape index (κ2) is 10.1. The highest BCUT2D eigenvalue weighted by atomic mass is 32.1. The summed E-state index contributed by atoms with van der Waals surface area (Å²) in [6, 6.07) is 24.9. The van der Waals surface area contributed by atoms with E-state index in [1.807, 2.05) is 54.6 Å². The molecular weight excluding hydrogens is 590 g/mol. The molecule has 0 aliphatic rings. The summed E-state index contributed by atoms with van der Waals surface area (Å²) in [7, 11) is 0. The van der Waals surface area contributed by atoms with Crippen molar-refractivity contribution in [1.82, 2.24) is 4.98 Å². The fraction of sp³-hybridized carbons (Fsp3) is 0.0556. The van der Waals surface area contributed by atoms with E-state index >= 15 is 0 Å². The second-order valence-electron chi connectivity index (χ2n) is 10.8. The minimum atomic E-state index is -0.601. The monoisotopic (exact) mass is 611 g/mol. The largest absolute Gasteiger partial charge is 0.508 e. The van der Waals surface area contributed by atoms with Crippen LogP contribution in [0.2, 0.25) is 0 Å². The molecule has 4 aromatic carbocycles. The van der Waals surface area contributed by atoms with Crippen LogP contribution in [0.5, 0.6) is 5.75 Å². The van der Waals surface area contributed by atoms with Crippen LogP contribution in [-0.4, -0.2) is 10.1 Å². The maximum absolute atomic E-state index is 13.9. The van der Waals surface area contributed by atoms with Gasteiger partial charge in [-0.05, 0) is 54.4 Å². The van der Waals surface area contributed by atoms with Gasteiger partial charge in [0.25, 0.3) is 0 Å². The predicted molar refractivity (Wildman–Crippen MR) is 174 cm³/mol. The molecule has 0 unspecified atom stereocenters. The van der Waals surface area contributed by atoms with Gasteiger partial charge in [0.2, 0.25) is 0 Å². The van der Waals surface area contributed by atoms with Crippen molar-refractivity contribution in [1.29, 1.82) is 0 Å². The number of phenols is 1. The molecule has 1 N–H and O–H groups in total. The van der Waals surface area contributed by atoms with Gasteiger partial charge in [0, 0.05) is 39.9 Å². The second-order valence-corrected chi connectivity index (χ2v) is 11.8. The van der Waals surface area contributed by atoms with Crippen LogP contribution in [0.4, 0.5) is 0 Å². The van der Waals surface area contributed by atoms with Gasteiger partial charge < -0.3 is 18.4 Å². The first kappa shape index (κ1) is 26.8. The van der Waals surface area contributed by atoms with E-state index in [4.69, 9.17) is 13.3 Å². The van der Waals surface area contributed by atoms with Crippen molar-refractivity contribution in [2.45, 2.75) is 13.3 Å². The highest BCUT2D eigenvalue weighted by molar-refractivity contribution is 7.21. The lowest BCUT2D eigenvalue weighted by atomic mass is 9.97. The third kappa shape index (κ3) is 4.36. The van der Waals surface area contributed by atoms with Crippen molar-refractivity contribution in [3.63, 3.8) is 0 Å². The van der Waals surface area contributed by atoms with Crippen LogP contribution in [-0.2, 0) is 6.42 Å². The molecular formula is C36H21NO7S. The van der Waals surface area contributed by atoms with Crippen molar-refractivity contribution in [3.8, 4) is 27.4 Å². The fourth-order valence-electron chi connectivity index (χ4n) is 5.82. The molecule has 0 fully saturated rings. The number of benzene rings is 4. The molecule has 0 bridgehead atoms. The first-order valence-electron chi connectivity index (χ1n) is 14.1. The number of phenolic OH excluding ortho intramolecular Hbond substituents is 1. The minimum absolute atomic E-state index is 0.0582. The van der Waals surface area contributed by atoms with Gasteiger partial charge in [-0.1, -0.05) is 42.5 Å². The first-order chi connectivity index (χ1) is 21.9. The lowest BCUT2D eigenvalue weighted by Gasteiger charge is -2.11. The maximum Gasteiger partial charge on any atom is 0.346 e. The van der Waals surface area contributed by atoms with Crippen LogP contribution in [0.1, 0.15) is 16.7 Å². The van der Waals surface area contributed by atoms with E-state index in [2.05, 4.69) is 4.98 Å². The molecule has 0 saturated heterocycles. The lowest BCUT2D eigenvalue weighted by molar-refractivity contribution is 0.466. The average molecular weight is 612 g/mol. The topological polar surface area (TPSA) is 124 Å². The summed E-state index contributed by atoms with van der Waals surface area (Å²) < 4.78 is 18.3. The van der Waals surface area contributed by atoms with E-state index in [9.17, 15) is 19.5 Å². The Hall–Kier alpha value is -5.80. The Kier molecular flexibility index (Phi) is 6.04. The number of thiazole rings is 1. The molecule has 0 spiro atoms. The van der Waals surface area contributed by atoms with Crippen LogP contribution < -0.4 is 16.7 Å². The Morgan fingerprint density at radius 1 is 0.800 bits per heavy atom. The van der Waals surface area contributed by atoms with Crippen molar-refractivity contribution in [2.24, 2.45) is 0 Å². The van der Waals surface area contributed by atoms with Crippen LogP contribution in [0.25, 0.3) is 64.8 Å². The lowest BCUT2D eigenvalue weighted by Crippen LogP contribution is -2.11. The van der Waals surface area contributed by atoms with Gasteiger partial charge in [0.05, 0.1) is 27.4 Å². The van der Waals surface area contributed by atoms with Gasteiger partial charge in [-0.2, -0.15) is 0 Å². The van der Waals surface area contributed by atoms with Gasteiger partial charge in [0.1, 0.15) is 27.5 Å². The number of para-hydroxylation sites is 1. The van der Waals surface area contributed by atoms with Gasteiger partial charge in [-0.25, -0.2) is 14.6 Å². The molecule has 4 heterocycles. The third-order valence-corrected chi connectivity index (χ3v) is 9.10. The Bertz CT molecular complexity index is 2630. The number of aryl methyl sites for hydroxylation is 1.